The molecule has 1 atom stereocenters. The summed E-state index contributed by atoms with van der Waals surface area (Å²) in [7, 11) is 1.97. The fourth-order valence-corrected chi connectivity index (χ4v) is 2.62. The van der Waals surface area contributed by atoms with Crippen LogP contribution in [0, 0.1) is 0 Å². The summed E-state index contributed by atoms with van der Waals surface area (Å²) in [4.78, 5) is 16.7. The summed E-state index contributed by atoms with van der Waals surface area (Å²) in [5.74, 6) is 1.00. The molecular formula is C21H28N2O2. The van der Waals surface area contributed by atoms with Crippen molar-refractivity contribution in [3.05, 3.63) is 66.2 Å². The predicted octanol–water partition coefficient (Wildman–Crippen LogP) is 3.43. The average molecular weight is 340 g/mol. The SMILES string of the molecule is CCN(Cc1ccccc1)C(=O)C(C)N(C)CCOc1ccccc1. The molecule has 1 amide bonds. The van der Waals surface area contributed by atoms with E-state index in [0.717, 1.165) is 11.3 Å². The fraction of sp³-hybridized carbons (Fsp3) is 0.381. The van der Waals surface area contributed by atoms with Crippen LogP contribution in [0.1, 0.15) is 19.4 Å². The summed E-state index contributed by atoms with van der Waals surface area (Å²) in [5, 5.41) is 0. The molecule has 4 heteroatoms. The Balaban J connectivity index is 1.84. The largest absolute Gasteiger partial charge is 0.492 e. The Bertz CT molecular complexity index is 631. The van der Waals surface area contributed by atoms with Crippen LogP contribution in [0.2, 0.25) is 0 Å². The van der Waals surface area contributed by atoms with E-state index < -0.39 is 0 Å². The minimum absolute atomic E-state index is 0.147. The lowest BCUT2D eigenvalue weighted by Gasteiger charge is -2.30. The summed E-state index contributed by atoms with van der Waals surface area (Å²) >= 11 is 0. The van der Waals surface area contributed by atoms with Crippen LogP contribution >= 0.6 is 0 Å². The van der Waals surface area contributed by atoms with Crippen LogP contribution in [-0.2, 0) is 11.3 Å². The monoisotopic (exact) mass is 340 g/mol. The molecule has 0 saturated heterocycles. The summed E-state index contributed by atoms with van der Waals surface area (Å²) < 4.78 is 5.72. The summed E-state index contributed by atoms with van der Waals surface area (Å²) in [6.45, 7) is 6.58. The molecule has 25 heavy (non-hydrogen) atoms. The number of likely N-dealkylation sites (N-methyl/N-ethyl adjacent to an activating group) is 2. The van der Waals surface area contributed by atoms with Crippen LogP contribution in [0.3, 0.4) is 0 Å². The molecule has 0 saturated carbocycles. The first-order valence-electron chi connectivity index (χ1n) is 8.82. The topological polar surface area (TPSA) is 32.8 Å². The first kappa shape index (κ1) is 19.0. The van der Waals surface area contributed by atoms with E-state index in [1.807, 2.05) is 79.2 Å². The van der Waals surface area contributed by atoms with Gasteiger partial charge in [0.1, 0.15) is 12.4 Å². The zero-order chi connectivity index (χ0) is 18.1. The highest BCUT2D eigenvalue weighted by atomic mass is 16.5. The van der Waals surface area contributed by atoms with Gasteiger partial charge >= 0.3 is 0 Å². The van der Waals surface area contributed by atoms with Crippen molar-refractivity contribution in [1.29, 1.82) is 0 Å². The van der Waals surface area contributed by atoms with E-state index in [9.17, 15) is 4.79 Å². The lowest BCUT2D eigenvalue weighted by Crippen LogP contribution is -2.46. The van der Waals surface area contributed by atoms with Gasteiger partial charge in [0, 0.05) is 19.6 Å². The third-order valence-corrected chi connectivity index (χ3v) is 4.38. The maximum absolute atomic E-state index is 12.8. The number of carbonyl (C=O) groups excluding carboxylic acids is 1. The average Bonchev–Trinajstić information content (AvgIpc) is 2.66. The maximum atomic E-state index is 12.8. The van der Waals surface area contributed by atoms with E-state index in [1.54, 1.807) is 0 Å². The second-order valence-corrected chi connectivity index (χ2v) is 6.16. The van der Waals surface area contributed by atoms with Crippen molar-refractivity contribution in [2.24, 2.45) is 0 Å². The summed E-state index contributed by atoms with van der Waals surface area (Å²) in [6.07, 6.45) is 0. The van der Waals surface area contributed by atoms with Crippen molar-refractivity contribution in [1.82, 2.24) is 9.80 Å². The van der Waals surface area contributed by atoms with E-state index in [4.69, 9.17) is 4.74 Å². The van der Waals surface area contributed by atoms with Gasteiger partial charge in [0.2, 0.25) is 5.91 Å². The van der Waals surface area contributed by atoms with E-state index in [1.165, 1.54) is 0 Å². The number of ether oxygens (including phenoxy) is 1. The Hall–Kier alpha value is -2.33. The van der Waals surface area contributed by atoms with Gasteiger partial charge < -0.3 is 9.64 Å². The van der Waals surface area contributed by atoms with E-state index in [2.05, 4.69) is 12.1 Å². The van der Waals surface area contributed by atoms with Crippen LogP contribution in [-0.4, -0.2) is 48.5 Å². The summed E-state index contributed by atoms with van der Waals surface area (Å²) in [6, 6.07) is 19.7. The number of rotatable bonds is 9. The first-order chi connectivity index (χ1) is 12.1. The lowest BCUT2D eigenvalue weighted by atomic mass is 10.2. The van der Waals surface area contributed by atoms with Gasteiger partial charge in [-0.3, -0.25) is 9.69 Å². The van der Waals surface area contributed by atoms with Gasteiger partial charge in [0.05, 0.1) is 6.04 Å². The minimum atomic E-state index is -0.178. The molecule has 2 aromatic carbocycles. The molecule has 0 aliphatic carbocycles. The standard InChI is InChI=1S/C21H28N2O2/c1-4-23(17-19-11-7-5-8-12-19)21(24)18(2)22(3)15-16-25-20-13-9-6-10-14-20/h5-14,18H,4,15-17H2,1-3H3. The Labute approximate surface area is 151 Å². The highest BCUT2D eigenvalue weighted by Crippen LogP contribution is 2.10. The van der Waals surface area contributed by atoms with Crippen molar-refractivity contribution in [3.63, 3.8) is 0 Å². The molecule has 0 N–H and O–H groups in total. The molecule has 2 rings (SSSR count). The Kier molecular flexibility index (Phi) is 7.48. The van der Waals surface area contributed by atoms with E-state index in [0.29, 0.717) is 26.2 Å². The number of amides is 1. The molecule has 4 nitrogen and oxygen atoms in total. The quantitative estimate of drug-likeness (QED) is 0.701. The molecule has 0 bridgehead atoms. The van der Waals surface area contributed by atoms with Crippen molar-refractivity contribution >= 4 is 5.91 Å². The zero-order valence-corrected chi connectivity index (χ0v) is 15.4. The Morgan fingerprint density at radius 3 is 2.24 bits per heavy atom. The molecule has 0 fully saturated rings. The molecule has 0 aliphatic rings. The number of benzene rings is 2. The van der Waals surface area contributed by atoms with Gasteiger partial charge in [0.25, 0.3) is 0 Å². The maximum Gasteiger partial charge on any atom is 0.239 e. The fourth-order valence-electron chi connectivity index (χ4n) is 2.62. The van der Waals surface area contributed by atoms with E-state index >= 15 is 0 Å². The van der Waals surface area contributed by atoms with Gasteiger partial charge in [-0.15, -0.1) is 0 Å². The number of hydrogen-bond acceptors (Lipinski definition) is 3. The molecule has 0 aromatic heterocycles. The highest BCUT2D eigenvalue weighted by molar-refractivity contribution is 5.81. The van der Waals surface area contributed by atoms with Gasteiger partial charge in [0.15, 0.2) is 0 Å². The second kappa shape index (κ2) is 9.84. The Morgan fingerprint density at radius 1 is 1.04 bits per heavy atom. The van der Waals surface area contributed by atoms with Crippen LogP contribution in [0.5, 0.6) is 5.75 Å². The predicted molar refractivity (Wildman–Crippen MR) is 102 cm³/mol. The third kappa shape index (κ3) is 5.91. The van der Waals surface area contributed by atoms with Crippen molar-refractivity contribution in [2.45, 2.75) is 26.4 Å². The highest BCUT2D eigenvalue weighted by Gasteiger charge is 2.23. The number of para-hydroxylation sites is 1. The molecule has 2 aromatic rings. The lowest BCUT2D eigenvalue weighted by molar-refractivity contribution is -0.136. The van der Waals surface area contributed by atoms with Gasteiger partial charge in [-0.05, 0) is 38.6 Å². The van der Waals surface area contributed by atoms with Crippen LogP contribution in [0.25, 0.3) is 0 Å². The van der Waals surface area contributed by atoms with Crippen molar-refractivity contribution in [2.75, 3.05) is 26.7 Å². The zero-order valence-electron chi connectivity index (χ0n) is 15.4. The molecular weight excluding hydrogens is 312 g/mol. The third-order valence-electron chi connectivity index (χ3n) is 4.38. The second-order valence-electron chi connectivity index (χ2n) is 6.16. The van der Waals surface area contributed by atoms with E-state index in [-0.39, 0.29) is 11.9 Å². The molecule has 0 spiro atoms. The molecule has 1 unspecified atom stereocenters. The molecule has 0 heterocycles. The van der Waals surface area contributed by atoms with Gasteiger partial charge in [-0.1, -0.05) is 48.5 Å². The van der Waals surface area contributed by atoms with Crippen molar-refractivity contribution < 1.29 is 9.53 Å². The molecule has 0 radical (unpaired) electrons. The Morgan fingerprint density at radius 2 is 1.64 bits per heavy atom. The minimum Gasteiger partial charge on any atom is -0.492 e. The van der Waals surface area contributed by atoms with Gasteiger partial charge in [-0.25, -0.2) is 0 Å². The van der Waals surface area contributed by atoms with Crippen LogP contribution in [0.4, 0.5) is 0 Å². The van der Waals surface area contributed by atoms with Crippen molar-refractivity contribution in [3.8, 4) is 5.75 Å². The van der Waals surface area contributed by atoms with Crippen LogP contribution < -0.4 is 4.74 Å². The number of hydrogen-bond donors (Lipinski definition) is 0. The normalized spacial score (nSPS) is 12.0. The number of nitrogens with zero attached hydrogens (tertiary/aromatic N) is 2. The van der Waals surface area contributed by atoms with Gasteiger partial charge in [-0.2, -0.15) is 0 Å². The smallest absolute Gasteiger partial charge is 0.239 e. The number of carbonyl (C=O) groups is 1. The molecule has 134 valence electrons. The molecule has 0 aliphatic heterocycles. The van der Waals surface area contributed by atoms with Crippen LogP contribution in [0.15, 0.2) is 60.7 Å². The first-order valence-corrected chi connectivity index (χ1v) is 8.82. The summed E-state index contributed by atoms with van der Waals surface area (Å²) in [5.41, 5.74) is 1.15.